The second-order valence-electron chi connectivity index (χ2n) is 7.39. The second kappa shape index (κ2) is 15.4. The standard InChI is InChI=1S/C19H16N4O2.C6H7N.C2H7N.CH4O/c1-25-15-7-2-4-12(8-15)17-10-16-18(20-11-21-19(16)23-17)22-13-5-3-6-14(24)9-13;7-6-4-2-1-3-5-6;1-2-3;1-2/h2-11,24H,1H3,(H2,20,21,22,23);1-5H,7H2;2-3H2,1H3;2H,1H3. The highest BCUT2D eigenvalue weighted by Gasteiger charge is 2.10. The first-order valence-electron chi connectivity index (χ1n) is 11.5. The lowest BCUT2D eigenvalue weighted by atomic mass is 10.1. The largest absolute Gasteiger partial charge is 0.508 e. The van der Waals surface area contributed by atoms with E-state index in [1.54, 1.807) is 25.3 Å². The minimum Gasteiger partial charge on any atom is -0.508 e. The summed E-state index contributed by atoms with van der Waals surface area (Å²) in [6.07, 6.45) is 1.50. The number of anilines is 3. The van der Waals surface area contributed by atoms with Gasteiger partial charge in [0.1, 0.15) is 29.3 Å². The summed E-state index contributed by atoms with van der Waals surface area (Å²) in [5.74, 6) is 1.66. The van der Waals surface area contributed by atoms with Gasteiger partial charge < -0.3 is 36.7 Å². The SMILES string of the molecule is CCN.CO.COc1cccc(-c2cc3c(Nc4cccc(O)c4)ncnc3[nH]2)c1.Nc1ccccc1. The molecule has 5 rings (SSSR count). The van der Waals surface area contributed by atoms with Crippen molar-refractivity contribution in [3.05, 3.63) is 91.3 Å². The van der Waals surface area contributed by atoms with E-state index in [0.717, 1.165) is 53.1 Å². The Morgan fingerprint density at radius 2 is 1.62 bits per heavy atom. The van der Waals surface area contributed by atoms with Crippen molar-refractivity contribution in [3.8, 4) is 22.8 Å². The summed E-state index contributed by atoms with van der Waals surface area (Å²) in [5, 5.41) is 20.7. The minimum atomic E-state index is 0.196. The molecule has 0 bridgehead atoms. The summed E-state index contributed by atoms with van der Waals surface area (Å²) in [5.41, 5.74) is 14.4. The van der Waals surface area contributed by atoms with Gasteiger partial charge in [-0.2, -0.15) is 0 Å². The van der Waals surface area contributed by atoms with Crippen LogP contribution in [0.4, 0.5) is 17.2 Å². The highest BCUT2D eigenvalue weighted by molar-refractivity contribution is 5.93. The van der Waals surface area contributed by atoms with Crippen molar-refractivity contribution in [1.29, 1.82) is 0 Å². The fourth-order valence-electron chi connectivity index (χ4n) is 3.16. The van der Waals surface area contributed by atoms with Crippen molar-refractivity contribution >= 4 is 28.2 Å². The molecule has 0 radical (unpaired) electrons. The lowest BCUT2D eigenvalue weighted by molar-refractivity contribution is 0.399. The van der Waals surface area contributed by atoms with Gasteiger partial charge in [-0.15, -0.1) is 0 Å². The van der Waals surface area contributed by atoms with E-state index in [1.165, 1.54) is 6.33 Å². The van der Waals surface area contributed by atoms with E-state index >= 15 is 0 Å². The molecule has 0 atom stereocenters. The molecule has 0 saturated heterocycles. The highest BCUT2D eigenvalue weighted by atomic mass is 16.5. The van der Waals surface area contributed by atoms with Gasteiger partial charge in [-0.1, -0.05) is 43.3 Å². The maximum Gasteiger partial charge on any atom is 0.143 e. The summed E-state index contributed by atoms with van der Waals surface area (Å²) < 4.78 is 5.29. The van der Waals surface area contributed by atoms with Crippen LogP contribution >= 0.6 is 0 Å². The number of aliphatic hydroxyl groups is 1. The zero-order chi connectivity index (χ0) is 27.0. The molecule has 194 valence electrons. The van der Waals surface area contributed by atoms with Crippen LogP contribution in [-0.4, -0.2) is 45.9 Å². The number of methoxy groups -OCH3 is 1. The number of ether oxygens (including phenoxy) is 1. The monoisotopic (exact) mass is 502 g/mol. The van der Waals surface area contributed by atoms with Gasteiger partial charge in [0.15, 0.2) is 0 Å². The smallest absolute Gasteiger partial charge is 0.143 e. The first-order valence-corrected chi connectivity index (χ1v) is 11.5. The topological polar surface area (TPSA) is 155 Å². The van der Waals surface area contributed by atoms with Crippen molar-refractivity contribution < 1.29 is 14.9 Å². The predicted octanol–water partition coefficient (Wildman–Crippen LogP) is 4.93. The Kier molecular flexibility index (Phi) is 11.9. The Morgan fingerprint density at radius 1 is 0.919 bits per heavy atom. The van der Waals surface area contributed by atoms with Crippen molar-refractivity contribution in [3.63, 3.8) is 0 Å². The average molecular weight is 503 g/mol. The first kappa shape index (κ1) is 28.6. The zero-order valence-corrected chi connectivity index (χ0v) is 21.2. The third kappa shape index (κ3) is 8.84. The summed E-state index contributed by atoms with van der Waals surface area (Å²) in [4.78, 5) is 11.9. The molecule has 37 heavy (non-hydrogen) atoms. The van der Waals surface area contributed by atoms with E-state index in [0.29, 0.717) is 5.82 Å². The number of phenols is 1. The van der Waals surface area contributed by atoms with Gasteiger partial charge in [-0.3, -0.25) is 0 Å². The molecule has 0 aliphatic rings. The van der Waals surface area contributed by atoms with E-state index < -0.39 is 0 Å². The lowest BCUT2D eigenvalue weighted by Crippen LogP contribution is -1.94. The molecule has 0 spiro atoms. The molecule has 5 aromatic rings. The molecule has 0 saturated carbocycles. The molecule has 8 N–H and O–H groups in total. The number of aromatic amines is 1. The number of rotatable bonds is 4. The molecule has 0 amide bonds. The van der Waals surface area contributed by atoms with E-state index in [-0.39, 0.29) is 5.75 Å². The van der Waals surface area contributed by atoms with Gasteiger partial charge >= 0.3 is 0 Å². The number of hydrogen-bond acceptors (Lipinski definition) is 8. The van der Waals surface area contributed by atoms with Gasteiger partial charge in [0.25, 0.3) is 0 Å². The number of phenolic OH excluding ortho intramolecular Hbond substituents is 1. The molecule has 0 fully saturated rings. The number of hydrogen-bond donors (Lipinski definition) is 6. The molecular weight excluding hydrogens is 468 g/mol. The number of aromatic hydroxyl groups is 1. The van der Waals surface area contributed by atoms with Gasteiger partial charge in [0.2, 0.25) is 0 Å². The number of aliphatic hydroxyl groups excluding tert-OH is 1. The molecule has 0 aliphatic carbocycles. The maximum atomic E-state index is 9.62. The van der Waals surface area contributed by atoms with Crippen LogP contribution in [0.3, 0.4) is 0 Å². The van der Waals surface area contributed by atoms with Gasteiger partial charge in [-0.25, -0.2) is 9.97 Å². The van der Waals surface area contributed by atoms with Crippen LogP contribution in [0.15, 0.2) is 91.3 Å². The summed E-state index contributed by atoms with van der Waals surface area (Å²) in [6, 6.07) is 26.2. The number of para-hydroxylation sites is 1. The molecule has 9 nitrogen and oxygen atoms in total. The molecular formula is C28H34N6O3. The highest BCUT2D eigenvalue weighted by Crippen LogP contribution is 2.30. The van der Waals surface area contributed by atoms with E-state index in [1.807, 2.05) is 73.7 Å². The Morgan fingerprint density at radius 3 is 2.24 bits per heavy atom. The van der Waals surface area contributed by atoms with Crippen LogP contribution in [0, 0.1) is 0 Å². The summed E-state index contributed by atoms with van der Waals surface area (Å²) in [6.45, 7) is 2.65. The number of nitrogen functional groups attached to an aromatic ring is 1. The molecule has 0 unspecified atom stereocenters. The van der Waals surface area contributed by atoms with E-state index in [4.69, 9.17) is 21.3 Å². The third-order valence-electron chi connectivity index (χ3n) is 4.71. The van der Waals surface area contributed by atoms with Crippen LogP contribution in [0.2, 0.25) is 0 Å². The number of aromatic nitrogens is 3. The van der Waals surface area contributed by atoms with Crippen molar-refractivity contribution in [2.75, 3.05) is 31.8 Å². The number of benzene rings is 3. The summed E-state index contributed by atoms with van der Waals surface area (Å²) >= 11 is 0. The number of fused-ring (bicyclic) bond motifs is 1. The van der Waals surface area contributed by atoms with Gasteiger partial charge in [0.05, 0.1) is 12.5 Å². The second-order valence-corrected chi connectivity index (χ2v) is 7.39. The number of nitrogens with two attached hydrogens (primary N) is 2. The van der Waals surface area contributed by atoms with E-state index in [9.17, 15) is 5.11 Å². The van der Waals surface area contributed by atoms with Crippen LogP contribution < -0.4 is 21.5 Å². The number of nitrogens with zero attached hydrogens (tertiary/aromatic N) is 2. The fourth-order valence-corrected chi connectivity index (χ4v) is 3.16. The van der Waals surface area contributed by atoms with Gasteiger partial charge in [-0.05, 0) is 49.0 Å². The van der Waals surface area contributed by atoms with Crippen LogP contribution in [0.1, 0.15) is 6.92 Å². The van der Waals surface area contributed by atoms with Gasteiger partial charge in [0, 0.05) is 35.8 Å². The first-order chi connectivity index (χ1) is 18.0. The predicted molar refractivity (Wildman–Crippen MR) is 151 cm³/mol. The Hall–Kier alpha value is -4.60. The molecule has 9 heteroatoms. The Bertz CT molecular complexity index is 1340. The van der Waals surface area contributed by atoms with Crippen molar-refractivity contribution in [2.24, 2.45) is 5.73 Å². The van der Waals surface area contributed by atoms with E-state index in [2.05, 4.69) is 20.3 Å². The average Bonchev–Trinajstić information content (AvgIpc) is 3.37. The van der Waals surface area contributed by atoms with Crippen molar-refractivity contribution in [1.82, 2.24) is 15.0 Å². The Labute approximate surface area is 216 Å². The number of H-pyrrole nitrogens is 1. The van der Waals surface area contributed by atoms with Crippen molar-refractivity contribution in [2.45, 2.75) is 6.92 Å². The molecule has 2 heterocycles. The number of nitrogens with one attached hydrogen (secondary N) is 2. The Balaban J connectivity index is 0.000000336. The maximum absolute atomic E-state index is 9.62. The van der Waals surface area contributed by atoms with Crippen LogP contribution in [-0.2, 0) is 0 Å². The quantitative estimate of drug-likeness (QED) is 0.189. The molecule has 3 aromatic carbocycles. The fraction of sp³-hybridized carbons (Fsp3) is 0.143. The lowest BCUT2D eigenvalue weighted by Gasteiger charge is -2.06. The molecule has 2 aromatic heterocycles. The zero-order valence-electron chi connectivity index (χ0n) is 21.2. The molecule has 0 aliphatic heterocycles. The van der Waals surface area contributed by atoms with Crippen LogP contribution in [0.25, 0.3) is 22.3 Å². The van der Waals surface area contributed by atoms with Crippen LogP contribution in [0.5, 0.6) is 11.5 Å². The normalized spacial score (nSPS) is 9.54. The third-order valence-corrected chi connectivity index (χ3v) is 4.71. The minimum absolute atomic E-state index is 0.196. The summed E-state index contributed by atoms with van der Waals surface area (Å²) in [7, 11) is 2.65.